The zero-order valence-electron chi connectivity index (χ0n) is 8.93. The Kier molecular flexibility index (Phi) is 4.01. The monoisotopic (exact) mass is 346 g/mol. The van der Waals surface area contributed by atoms with Gasteiger partial charge in [-0.15, -0.1) is 11.3 Å². The standard InChI is InChI=1S/C11H8BrClN2O2S/c12-5-1-2-7(13)6(3-5)10-15-8(4-18-10)9(14)11(16)17/h1-4,9H,14H2,(H,16,17). The second-order valence-corrected chi connectivity index (χ2v) is 5.70. The topological polar surface area (TPSA) is 76.2 Å². The fourth-order valence-corrected chi connectivity index (χ4v) is 2.85. The molecule has 1 aromatic heterocycles. The van der Waals surface area contributed by atoms with Gasteiger partial charge in [0, 0.05) is 15.4 Å². The van der Waals surface area contributed by atoms with Crippen LogP contribution in [0.25, 0.3) is 10.6 Å². The van der Waals surface area contributed by atoms with Gasteiger partial charge in [0.2, 0.25) is 0 Å². The minimum atomic E-state index is -1.11. The quantitative estimate of drug-likeness (QED) is 0.893. The minimum Gasteiger partial charge on any atom is -0.480 e. The molecule has 2 rings (SSSR count). The number of hydrogen-bond acceptors (Lipinski definition) is 4. The Hall–Kier alpha value is -0.950. The van der Waals surface area contributed by atoms with Gasteiger partial charge in [-0.25, -0.2) is 4.98 Å². The number of nitrogens with zero attached hydrogens (tertiary/aromatic N) is 1. The molecule has 0 bridgehead atoms. The van der Waals surface area contributed by atoms with E-state index in [-0.39, 0.29) is 0 Å². The summed E-state index contributed by atoms with van der Waals surface area (Å²) in [6, 6.07) is 4.29. The van der Waals surface area contributed by atoms with Gasteiger partial charge < -0.3 is 10.8 Å². The molecule has 0 aliphatic carbocycles. The van der Waals surface area contributed by atoms with E-state index in [4.69, 9.17) is 22.4 Å². The van der Waals surface area contributed by atoms with Crippen molar-refractivity contribution in [2.75, 3.05) is 0 Å². The molecule has 0 aliphatic rings. The molecule has 0 saturated heterocycles. The molecule has 1 unspecified atom stereocenters. The number of rotatable bonds is 3. The molecule has 0 fully saturated rings. The highest BCUT2D eigenvalue weighted by Gasteiger charge is 2.18. The summed E-state index contributed by atoms with van der Waals surface area (Å²) in [6.07, 6.45) is 0. The summed E-state index contributed by atoms with van der Waals surface area (Å²) >= 11 is 10.7. The first-order valence-electron chi connectivity index (χ1n) is 4.88. The number of aliphatic carboxylic acids is 1. The highest BCUT2D eigenvalue weighted by molar-refractivity contribution is 9.10. The Bertz CT molecular complexity index is 602. The second kappa shape index (κ2) is 5.36. The molecule has 18 heavy (non-hydrogen) atoms. The van der Waals surface area contributed by atoms with Crippen molar-refractivity contribution < 1.29 is 9.90 Å². The number of carboxylic acids is 1. The maximum atomic E-state index is 10.8. The summed E-state index contributed by atoms with van der Waals surface area (Å²) in [5, 5.41) is 11.7. The third kappa shape index (κ3) is 2.72. The number of carbonyl (C=O) groups is 1. The van der Waals surface area contributed by atoms with E-state index in [1.165, 1.54) is 11.3 Å². The van der Waals surface area contributed by atoms with E-state index in [0.717, 1.165) is 10.0 Å². The number of aromatic nitrogens is 1. The van der Waals surface area contributed by atoms with Crippen LogP contribution in [0, 0.1) is 0 Å². The molecule has 0 amide bonds. The molecule has 0 spiro atoms. The van der Waals surface area contributed by atoms with Crippen molar-refractivity contribution in [1.29, 1.82) is 0 Å². The number of carboxylic acid groups (broad SMARTS) is 1. The molecule has 0 aliphatic heterocycles. The molecular formula is C11H8BrClN2O2S. The predicted molar refractivity (Wildman–Crippen MR) is 74.8 cm³/mol. The van der Waals surface area contributed by atoms with Gasteiger partial charge in [-0.2, -0.15) is 0 Å². The third-order valence-electron chi connectivity index (χ3n) is 2.27. The van der Waals surface area contributed by atoms with Crippen LogP contribution in [-0.4, -0.2) is 16.1 Å². The molecule has 1 heterocycles. The number of nitrogens with two attached hydrogens (primary N) is 1. The molecule has 0 saturated carbocycles. The summed E-state index contributed by atoms with van der Waals surface area (Å²) in [4.78, 5) is 15.0. The van der Waals surface area contributed by atoms with Crippen molar-refractivity contribution in [3.8, 4) is 10.6 Å². The number of halogens is 2. The Balaban J connectivity index is 2.41. The molecule has 0 radical (unpaired) electrons. The van der Waals surface area contributed by atoms with Crippen molar-refractivity contribution in [3.05, 3.63) is 38.8 Å². The van der Waals surface area contributed by atoms with Crippen molar-refractivity contribution in [1.82, 2.24) is 4.98 Å². The lowest BCUT2D eigenvalue weighted by Gasteiger charge is -2.02. The maximum absolute atomic E-state index is 10.8. The van der Waals surface area contributed by atoms with Gasteiger partial charge in [-0.1, -0.05) is 27.5 Å². The summed E-state index contributed by atoms with van der Waals surface area (Å²) in [5.41, 5.74) is 6.58. The van der Waals surface area contributed by atoms with E-state index in [0.29, 0.717) is 15.7 Å². The maximum Gasteiger partial charge on any atom is 0.326 e. The molecule has 1 atom stereocenters. The van der Waals surface area contributed by atoms with Gasteiger partial charge in [-0.3, -0.25) is 4.79 Å². The van der Waals surface area contributed by atoms with Crippen LogP contribution in [0.5, 0.6) is 0 Å². The van der Waals surface area contributed by atoms with E-state index in [9.17, 15) is 4.79 Å². The molecule has 3 N–H and O–H groups in total. The molecule has 7 heteroatoms. The zero-order chi connectivity index (χ0) is 13.3. The van der Waals surface area contributed by atoms with E-state index in [1.54, 1.807) is 11.4 Å². The highest BCUT2D eigenvalue weighted by atomic mass is 79.9. The van der Waals surface area contributed by atoms with E-state index >= 15 is 0 Å². The van der Waals surface area contributed by atoms with Gasteiger partial charge >= 0.3 is 5.97 Å². The van der Waals surface area contributed by atoms with Gasteiger partial charge in [-0.05, 0) is 18.2 Å². The van der Waals surface area contributed by atoms with Crippen LogP contribution in [0.2, 0.25) is 5.02 Å². The fourth-order valence-electron chi connectivity index (χ4n) is 1.34. The molecule has 2 aromatic rings. The van der Waals surface area contributed by atoms with Crippen LogP contribution >= 0.6 is 38.9 Å². The zero-order valence-corrected chi connectivity index (χ0v) is 12.1. The average molecular weight is 348 g/mol. The van der Waals surface area contributed by atoms with Gasteiger partial charge in [0.1, 0.15) is 11.0 Å². The SMILES string of the molecule is NC(C(=O)O)c1csc(-c2cc(Br)ccc2Cl)n1. The minimum absolute atomic E-state index is 0.332. The Morgan fingerprint density at radius 1 is 1.56 bits per heavy atom. The van der Waals surface area contributed by atoms with Gasteiger partial charge in [0.25, 0.3) is 0 Å². The van der Waals surface area contributed by atoms with E-state index in [2.05, 4.69) is 20.9 Å². The van der Waals surface area contributed by atoms with Crippen molar-refractivity contribution >= 4 is 44.8 Å². The normalized spacial score (nSPS) is 12.4. The molecule has 1 aromatic carbocycles. The lowest BCUT2D eigenvalue weighted by molar-refractivity contribution is -0.138. The van der Waals surface area contributed by atoms with Gasteiger partial charge in [0.05, 0.1) is 10.7 Å². The third-order valence-corrected chi connectivity index (χ3v) is 3.98. The summed E-state index contributed by atoms with van der Waals surface area (Å²) in [5.74, 6) is -1.10. The summed E-state index contributed by atoms with van der Waals surface area (Å²) < 4.78 is 0.876. The predicted octanol–water partition coefficient (Wildman–Crippen LogP) is 3.31. The first kappa shape index (κ1) is 13.5. The first-order valence-corrected chi connectivity index (χ1v) is 6.93. The van der Waals surface area contributed by atoms with Crippen LogP contribution in [0.3, 0.4) is 0 Å². The van der Waals surface area contributed by atoms with Crippen molar-refractivity contribution in [2.24, 2.45) is 5.73 Å². The number of hydrogen-bond donors (Lipinski definition) is 2. The van der Waals surface area contributed by atoms with Crippen LogP contribution in [-0.2, 0) is 4.79 Å². The molecular weight excluding hydrogens is 340 g/mol. The van der Waals surface area contributed by atoms with Crippen molar-refractivity contribution in [2.45, 2.75) is 6.04 Å². The lowest BCUT2D eigenvalue weighted by atomic mass is 10.2. The van der Waals surface area contributed by atoms with Crippen LogP contribution in [0.15, 0.2) is 28.1 Å². The Morgan fingerprint density at radius 2 is 2.28 bits per heavy atom. The summed E-state index contributed by atoms with van der Waals surface area (Å²) in [6.45, 7) is 0. The largest absolute Gasteiger partial charge is 0.480 e. The Morgan fingerprint density at radius 3 is 2.94 bits per heavy atom. The number of thiazole rings is 1. The van der Waals surface area contributed by atoms with Gasteiger partial charge in [0.15, 0.2) is 0 Å². The summed E-state index contributed by atoms with van der Waals surface area (Å²) in [7, 11) is 0. The average Bonchev–Trinajstić information content (AvgIpc) is 2.80. The van der Waals surface area contributed by atoms with E-state index in [1.807, 2.05) is 12.1 Å². The van der Waals surface area contributed by atoms with Crippen LogP contribution in [0.4, 0.5) is 0 Å². The van der Waals surface area contributed by atoms with Crippen molar-refractivity contribution in [3.63, 3.8) is 0 Å². The molecule has 4 nitrogen and oxygen atoms in total. The van der Waals surface area contributed by atoms with Crippen LogP contribution < -0.4 is 5.73 Å². The van der Waals surface area contributed by atoms with E-state index < -0.39 is 12.0 Å². The smallest absolute Gasteiger partial charge is 0.326 e. The number of benzene rings is 1. The highest BCUT2D eigenvalue weighted by Crippen LogP contribution is 2.33. The van der Waals surface area contributed by atoms with Crippen LogP contribution in [0.1, 0.15) is 11.7 Å². The molecule has 94 valence electrons. The Labute approximate surface area is 121 Å². The lowest BCUT2D eigenvalue weighted by Crippen LogP contribution is -2.20. The fraction of sp³-hybridized carbons (Fsp3) is 0.0909. The second-order valence-electron chi connectivity index (χ2n) is 3.52. The first-order chi connectivity index (χ1) is 8.49.